The molecule has 168 valence electrons. The van der Waals surface area contributed by atoms with Crippen LogP contribution in [0.5, 0.6) is 5.75 Å². The number of hydrogen-bond donors (Lipinski definition) is 1. The molecular formula is C30H42O. The Kier molecular flexibility index (Phi) is 6.25. The lowest BCUT2D eigenvalue weighted by Crippen LogP contribution is -2.27. The summed E-state index contributed by atoms with van der Waals surface area (Å²) in [6.07, 6.45) is 13.8. The average molecular weight is 419 g/mol. The van der Waals surface area contributed by atoms with Gasteiger partial charge < -0.3 is 5.11 Å². The van der Waals surface area contributed by atoms with E-state index in [4.69, 9.17) is 0 Å². The quantitative estimate of drug-likeness (QED) is 0.529. The highest BCUT2D eigenvalue weighted by Crippen LogP contribution is 2.45. The summed E-state index contributed by atoms with van der Waals surface area (Å²) in [6.45, 7) is 11.6. The zero-order chi connectivity index (χ0) is 22.2. The summed E-state index contributed by atoms with van der Waals surface area (Å²) in [6, 6.07) is 9.26. The first-order valence-electron chi connectivity index (χ1n) is 12.7. The molecule has 2 aromatic rings. The Morgan fingerprint density at radius 2 is 1.10 bits per heavy atom. The van der Waals surface area contributed by atoms with Crippen LogP contribution in [0, 0.1) is 20.8 Å². The van der Waals surface area contributed by atoms with Crippen molar-refractivity contribution in [3.63, 3.8) is 0 Å². The van der Waals surface area contributed by atoms with Gasteiger partial charge in [-0.3, -0.25) is 0 Å². The maximum absolute atomic E-state index is 11.4. The second-order valence-corrected chi connectivity index (χ2v) is 11.3. The van der Waals surface area contributed by atoms with Gasteiger partial charge in [-0.1, -0.05) is 87.8 Å². The number of aromatic hydroxyl groups is 1. The maximum Gasteiger partial charge on any atom is 0.122 e. The Morgan fingerprint density at radius 1 is 0.645 bits per heavy atom. The van der Waals surface area contributed by atoms with Gasteiger partial charge in [0.15, 0.2) is 0 Å². The van der Waals surface area contributed by atoms with Gasteiger partial charge in [-0.2, -0.15) is 0 Å². The number of aryl methyl sites for hydroxylation is 2. The number of phenols is 1. The molecule has 4 rings (SSSR count). The van der Waals surface area contributed by atoms with E-state index in [0.717, 1.165) is 12.0 Å². The van der Waals surface area contributed by atoms with Crippen molar-refractivity contribution in [1.82, 2.24) is 0 Å². The predicted octanol–water partition coefficient (Wildman–Crippen LogP) is 8.35. The summed E-state index contributed by atoms with van der Waals surface area (Å²) in [5.41, 5.74) is 9.73. The van der Waals surface area contributed by atoms with Gasteiger partial charge >= 0.3 is 0 Å². The van der Waals surface area contributed by atoms with E-state index in [0.29, 0.717) is 11.2 Å². The Bertz CT molecular complexity index is 862. The molecule has 2 aliphatic rings. The third-order valence-electron chi connectivity index (χ3n) is 8.59. The number of rotatable bonds is 4. The Morgan fingerprint density at radius 3 is 1.65 bits per heavy atom. The van der Waals surface area contributed by atoms with Crippen LogP contribution in [0.2, 0.25) is 0 Å². The molecule has 0 bridgehead atoms. The topological polar surface area (TPSA) is 20.2 Å². The molecule has 1 N–H and O–H groups in total. The molecule has 2 fully saturated rings. The van der Waals surface area contributed by atoms with Crippen LogP contribution >= 0.6 is 0 Å². The fourth-order valence-electron chi connectivity index (χ4n) is 6.60. The van der Waals surface area contributed by atoms with E-state index in [2.05, 4.69) is 58.9 Å². The summed E-state index contributed by atoms with van der Waals surface area (Å²) in [4.78, 5) is 0. The van der Waals surface area contributed by atoms with Gasteiger partial charge in [0.1, 0.15) is 5.75 Å². The largest absolute Gasteiger partial charge is 0.507 e. The number of benzene rings is 2. The second kappa shape index (κ2) is 8.64. The molecule has 0 amide bonds. The van der Waals surface area contributed by atoms with Gasteiger partial charge in [-0.05, 0) is 79.5 Å². The van der Waals surface area contributed by atoms with Gasteiger partial charge in [0.2, 0.25) is 0 Å². The molecule has 31 heavy (non-hydrogen) atoms. The molecule has 1 heteroatoms. The van der Waals surface area contributed by atoms with Gasteiger partial charge in [0, 0.05) is 12.0 Å². The predicted molar refractivity (Wildman–Crippen MR) is 132 cm³/mol. The molecule has 1 nitrogen and oxygen atoms in total. The van der Waals surface area contributed by atoms with Crippen molar-refractivity contribution in [3.8, 4) is 5.75 Å². The molecule has 0 aliphatic heterocycles. The first kappa shape index (κ1) is 22.4. The SMILES string of the molecule is Cc1cc(Cc2cc(C)cc(C3(C)CCCCC3)c2O)c(C)c(C2(C)CCCCC2)c1. The minimum absolute atomic E-state index is 0.117. The summed E-state index contributed by atoms with van der Waals surface area (Å²) in [5, 5.41) is 11.4. The van der Waals surface area contributed by atoms with Crippen LogP contribution in [0.15, 0.2) is 24.3 Å². The van der Waals surface area contributed by atoms with Crippen molar-refractivity contribution in [3.05, 3.63) is 63.2 Å². The Balaban J connectivity index is 1.73. The average Bonchev–Trinajstić information content (AvgIpc) is 2.73. The van der Waals surface area contributed by atoms with Gasteiger partial charge in [-0.15, -0.1) is 0 Å². The lowest BCUT2D eigenvalue weighted by Gasteiger charge is -2.36. The van der Waals surface area contributed by atoms with Crippen LogP contribution in [-0.4, -0.2) is 5.11 Å². The van der Waals surface area contributed by atoms with Crippen molar-refractivity contribution < 1.29 is 5.11 Å². The van der Waals surface area contributed by atoms with Crippen molar-refractivity contribution in [2.24, 2.45) is 0 Å². The standard InChI is InChI=1S/C30H42O/c1-21-16-24(23(3)26(18-21)29(4)12-8-6-9-13-29)20-25-17-22(2)19-27(28(25)31)30(5)14-10-7-11-15-30/h16-19,31H,6-15,20H2,1-5H3. The molecule has 0 heterocycles. The van der Waals surface area contributed by atoms with Crippen LogP contribution in [0.25, 0.3) is 0 Å². The fourth-order valence-corrected chi connectivity index (χ4v) is 6.60. The molecule has 2 aliphatic carbocycles. The van der Waals surface area contributed by atoms with Crippen molar-refractivity contribution in [2.45, 2.75) is 116 Å². The molecule has 0 radical (unpaired) electrons. The molecule has 0 atom stereocenters. The smallest absolute Gasteiger partial charge is 0.122 e. The third-order valence-corrected chi connectivity index (χ3v) is 8.59. The van der Waals surface area contributed by atoms with Crippen molar-refractivity contribution in [1.29, 1.82) is 0 Å². The molecular weight excluding hydrogens is 376 g/mol. The zero-order valence-electron chi connectivity index (χ0n) is 20.5. The van der Waals surface area contributed by atoms with Crippen LogP contribution in [0.4, 0.5) is 0 Å². The lowest BCUT2D eigenvalue weighted by molar-refractivity contribution is 0.307. The maximum atomic E-state index is 11.4. The molecule has 0 saturated heterocycles. The van der Waals surface area contributed by atoms with Gasteiger partial charge in [0.05, 0.1) is 0 Å². The highest BCUT2D eigenvalue weighted by molar-refractivity contribution is 5.51. The first-order valence-corrected chi connectivity index (χ1v) is 12.7. The van der Waals surface area contributed by atoms with Crippen LogP contribution in [0.3, 0.4) is 0 Å². The highest BCUT2D eigenvalue weighted by Gasteiger charge is 2.33. The van der Waals surface area contributed by atoms with Gasteiger partial charge in [-0.25, -0.2) is 0 Å². The van der Waals surface area contributed by atoms with E-state index in [1.54, 1.807) is 5.56 Å². The first-order chi connectivity index (χ1) is 14.7. The van der Waals surface area contributed by atoms with E-state index in [9.17, 15) is 5.11 Å². The second-order valence-electron chi connectivity index (χ2n) is 11.3. The number of phenolic OH excluding ortho intramolecular Hbond substituents is 1. The molecule has 0 spiro atoms. The molecule has 2 aromatic carbocycles. The van der Waals surface area contributed by atoms with Crippen molar-refractivity contribution >= 4 is 0 Å². The summed E-state index contributed by atoms with van der Waals surface area (Å²) in [7, 11) is 0. The number of hydrogen-bond acceptors (Lipinski definition) is 1. The fraction of sp³-hybridized carbons (Fsp3) is 0.600. The van der Waals surface area contributed by atoms with E-state index in [-0.39, 0.29) is 5.41 Å². The van der Waals surface area contributed by atoms with E-state index in [1.807, 2.05) is 0 Å². The van der Waals surface area contributed by atoms with E-state index >= 15 is 0 Å². The molecule has 0 unspecified atom stereocenters. The lowest BCUT2D eigenvalue weighted by atomic mass is 9.68. The minimum Gasteiger partial charge on any atom is -0.507 e. The van der Waals surface area contributed by atoms with Crippen molar-refractivity contribution in [2.75, 3.05) is 0 Å². The van der Waals surface area contributed by atoms with E-state index in [1.165, 1.54) is 92.0 Å². The highest BCUT2D eigenvalue weighted by atomic mass is 16.3. The van der Waals surface area contributed by atoms with Gasteiger partial charge in [0.25, 0.3) is 0 Å². The summed E-state index contributed by atoms with van der Waals surface area (Å²) in [5.74, 6) is 0.557. The third kappa shape index (κ3) is 4.43. The Hall–Kier alpha value is -1.76. The normalized spacial score (nSPS) is 20.5. The van der Waals surface area contributed by atoms with Crippen LogP contribution in [-0.2, 0) is 17.3 Å². The monoisotopic (exact) mass is 418 g/mol. The molecule has 2 saturated carbocycles. The van der Waals surface area contributed by atoms with Crippen LogP contribution in [0.1, 0.15) is 117 Å². The summed E-state index contributed by atoms with van der Waals surface area (Å²) < 4.78 is 0. The summed E-state index contributed by atoms with van der Waals surface area (Å²) >= 11 is 0. The molecule has 0 aromatic heterocycles. The minimum atomic E-state index is 0.117. The Labute approximate surface area is 190 Å². The van der Waals surface area contributed by atoms with Crippen LogP contribution < -0.4 is 0 Å². The zero-order valence-corrected chi connectivity index (χ0v) is 20.5. The van der Waals surface area contributed by atoms with E-state index < -0.39 is 0 Å².